The zero-order valence-corrected chi connectivity index (χ0v) is 12.9. The van der Waals surface area contributed by atoms with Gasteiger partial charge in [0.05, 0.1) is 23.1 Å². The van der Waals surface area contributed by atoms with Crippen molar-refractivity contribution < 1.29 is 4.79 Å². The predicted octanol–water partition coefficient (Wildman–Crippen LogP) is 2.09. The van der Waals surface area contributed by atoms with Crippen molar-refractivity contribution in [3.63, 3.8) is 0 Å². The summed E-state index contributed by atoms with van der Waals surface area (Å²) in [7, 11) is 1.91. The number of aromatic nitrogens is 2. The van der Waals surface area contributed by atoms with Crippen LogP contribution in [0.5, 0.6) is 0 Å². The Morgan fingerprint density at radius 3 is 2.73 bits per heavy atom. The van der Waals surface area contributed by atoms with Gasteiger partial charge in [-0.15, -0.1) is 0 Å². The molecule has 0 radical (unpaired) electrons. The van der Waals surface area contributed by atoms with E-state index in [-0.39, 0.29) is 5.91 Å². The predicted molar refractivity (Wildman–Crippen MR) is 86.4 cm³/mol. The van der Waals surface area contributed by atoms with Crippen LogP contribution in [0.2, 0.25) is 0 Å². The molecule has 1 amide bonds. The number of carbonyl (C=O) groups is 1. The van der Waals surface area contributed by atoms with Crippen LogP contribution in [-0.2, 0) is 0 Å². The van der Waals surface area contributed by atoms with Crippen LogP contribution in [0.3, 0.4) is 0 Å². The van der Waals surface area contributed by atoms with Crippen LogP contribution >= 0.6 is 0 Å². The molecule has 116 valence electrons. The lowest BCUT2D eigenvalue weighted by Gasteiger charge is -2.09. The standard InChI is InChI=1S/C17H22N4O/c1-18-10-5-11-19-17(22)15-12-20-21(16(15)13-8-9-13)14-6-3-2-4-7-14/h2-4,6-7,12-13,18H,5,8-11H2,1H3,(H,19,22). The number of benzene rings is 1. The van der Waals surface area contributed by atoms with Crippen LogP contribution in [0, 0.1) is 0 Å². The van der Waals surface area contributed by atoms with Gasteiger partial charge in [0, 0.05) is 12.5 Å². The number of hydrogen-bond donors (Lipinski definition) is 2. The normalized spacial score (nSPS) is 14.0. The summed E-state index contributed by atoms with van der Waals surface area (Å²) in [6, 6.07) is 10.0. The lowest BCUT2D eigenvalue weighted by Crippen LogP contribution is -2.27. The van der Waals surface area contributed by atoms with Gasteiger partial charge >= 0.3 is 0 Å². The van der Waals surface area contributed by atoms with Gasteiger partial charge in [-0.25, -0.2) is 4.68 Å². The molecule has 1 heterocycles. The Labute approximate surface area is 130 Å². The van der Waals surface area contributed by atoms with Gasteiger partial charge in [0.2, 0.25) is 0 Å². The van der Waals surface area contributed by atoms with Crippen molar-refractivity contribution in [1.29, 1.82) is 0 Å². The number of rotatable bonds is 7. The molecule has 1 aromatic carbocycles. The number of nitrogens with one attached hydrogen (secondary N) is 2. The highest BCUT2D eigenvalue weighted by Gasteiger charge is 2.32. The SMILES string of the molecule is CNCCCNC(=O)c1cnn(-c2ccccc2)c1C1CC1. The fourth-order valence-corrected chi connectivity index (χ4v) is 2.62. The van der Waals surface area contributed by atoms with Crippen LogP contribution in [0.15, 0.2) is 36.5 Å². The fraction of sp³-hybridized carbons (Fsp3) is 0.412. The Balaban J connectivity index is 1.80. The summed E-state index contributed by atoms with van der Waals surface area (Å²) in [5, 5.41) is 10.5. The van der Waals surface area contributed by atoms with Crippen molar-refractivity contribution in [2.24, 2.45) is 0 Å². The van der Waals surface area contributed by atoms with Crippen molar-refractivity contribution in [2.75, 3.05) is 20.1 Å². The second-order valence-electron chi connectivity index (χ2n) is 5.68. The third-order valence-corrected chi connectivity index (χ3v) is 3.90. The van der Waals surface area contributed by atoms with Crippen LogP contribution in [0.4, 0.5) is 0 Å². The molecule has 2 N–H and O–H groups in total. The van der Waals surface area contributed by atoms with Gasteiger partial charge in [0.15, 0.2) is 0 Å². The van der Waals surface area contributed by atoms with E-state index >= 15 is 0 Å². The number of para-hydroxylation sites is 1. The molecule has 0 bridgehead atoms. The number of carbonyl (C=O) groups excluding carboxylic acids is 1. The average Bonchev–Trinajstić information content (AvgIpc) is 3.30. The maximum atomic E-state index is 12.4. The largest absolute Gasteiger partial charge is 0.352 e. The molecule has 0 atom stereocenters. The van der Waals surface area contributed by atoms with Crippen molar-refractivity contribution in [2.45, 2.75) is 25.2 Å². The highest BCUT2D eigenvalue weighted by Crippen LogP contribution is 2.42. The third-order valence-electron chi connectivity index (χ3n) is 3.90. The molecule has 0 saturated heterocycles. The first kappa shape index (κ1) is 14.8. The summed E-state index contributed by atoms with van der Waals surface area (Å²) in [5.41, 5.74) is 2.78. The van der Waals surface area contributed by atoms with Crippen molar-refractivity contribution in [1.82, 2.24) is 20.4 Å². The summed E-state index contributed by atoms with van der Waals surface area (Å²) < 4.78 is 1.92. The Morgan fingerprint density at radius 1 is 1.27 bits per heavy atom. The summed E-state index contributed by atoms with van der Waals surface area (Å²) in [6.07, 6.45) is 4.90. The Hall–Kier alpha value is -2.14. The van der Waals surface area contributed by atoms with E-state index in [0.29, 0.717) is 12.5 Å². The van der Waals surface area contributed by atoms with Crippen LogP contribution in [-0.4, -0.2) is 35.8 Å². The molecule has 0 unspecified atom stereocenters. The summed E-state index contributed by atoms with van der Waals surface area (Å²) in [5.74, 6) is 0.445. The second-order valence-corrected chi connectivity index (χ2v) is 5.68. The molecule has 1 fully saturated rings. The smallest absolute Gasteiger partial charge is 0.254 e. The van der Waals surface area contributed by atoms with E-state index in [1.165, 1.54) is 0 Å². The Morgan fingerprint density at radius 2 is 2.05 bits per heavy atom. The van der Waals surface area contributed by atoms with Gasteiger partial charge in [-0.3, -0.25) is 4.79 Å². The minimum atomic E-state index is -0.0137. The molecule has 0 spiro atoms. The molecular formula is C17H22N4O. The lowest BCUT2D eigenvalue weighted by atomic mass is 10.1. The average molecular weight is 298 g/mol. The first-order chi connectivity index (χ1) is 10.8. The summed E-state index contributed by atoms with van der Waals surface area (Å²) in [4.78, 5) is 12.4. The molecule has 1 aliphatic carbocycles. The van der Waals surface area contributed by atoms with Gasteiger partial charge in [0.1, 0.15) is 0 Å². The molecule has 1 saturated carbocycles. The van der Waals surface area contributed by atoms with E-state index in [2.05, 4.69) is 15.7 Å². The highest BCUT2D eigenvalue weighted by molar-refractivity contribution is 5.95. The van der Waals surface area contributed by atoms with E-state index in [1.807, 2.05) is 42.1 Å². The van der Waals surface area contributed by atoms with Crippen molar-refractivity contribution >= 4 is 5.91 Å². The monoisotopic (exact) mass is 298 g/mol. The highest BCUT2D eigenvalue weighted by atomic mass is 16.1. The van der Waals surface area contributed by atoms with Crippen molar-refractivity contribution in [3.8, 4) is 5.69 Å². The fourth-order valence-electron chi connectivity index (χ4n) is 2.62. The molecule has 2 aromatic rings. The Bertz CT molecular complexity index is 631. The summed E-state index contributed by atoms with van der Waals surface area (Å²) >= 11 is 0. The number of hydrogen-bond acceptors (Lipinski definition) is 3. The molecular weight excluding hydrogens is 276 g/mol. The van der Waals surface area contributed by atoms with Gasteiger partial charge < -0.3 is 10.6 Å². The molecule has 22 heavy (non-hydrogen) atoms. The minimum absolute atomic E-state index is 0.0137. The van der Waals surface area contributed by atoms with E-state index in [9.17, 15) is 4.79 Å². The zero-order chi connectivity index (χ0) is 15.4. The summed E-state index contributed by atoms with van der Waals surface area (Å²) in [6.45, 7) is 1.58. The van der Waals surface area contributed by atoms with E-state index < -0.39 is 0 Å². The quantitative estimate of drug-likeness (QED) is 0.770. The van der Waals surface area contributed by atoms with Crippen LogP contribution < -0.4 is 10.6 Å². The number of nitrogens with zero attached hydrogens (tertiary/aromatic N) is 2. The first-order valence-corrected chi connectivity index (χ1v) is 7.87. The van der Waals surface area contributed by atoms with E-state index in [1.54, 1.807) is 6.20 Å². The number of amides is 1. The maximum absolute atomic E-state index is 12.4. The van der Waals surface area contributed by atoms with Crippen LogP contribution in [0.1, 0.15) is 41.2 Å². The Kier molecular flexibility index (Phi) is 4.53. The molecule has 0 aliphatic heterocycles. The van der Waals surface area contributed by atoms with Crippen molar-refractivity contribution in [3.05, 3.63) is 47.8 Å². The van der Waals surface area contributed by atoms with Gasteiger partial charge in [0.25, 0.3) is 5.91 Å². The topological polar surface area (TPSA) is 58.9 Å². The van der Waals surface area contributed by atoms with Crippen LogP contribution in [0.25, 0.3) is 5.69 Å². The van der Waals surface area contributed by atoms with E-state index in [0.717, 1.165) is 42.8 Å². The molecule has 3 rings (SSSR count). The molecule has 5 nitrogen and oxygen atoms in total. The molecule has 1 aliphatic rings. The maximum Gasteiger partial charge on any atom is 0.254 e. The third kappa shape index (κ3) is 3.20. The molecule has 1 aromatic heterocycles. The zero-order valence-electron chi connectivity index (χ0n) is 12.9. The minimum Gasteiger partial charge on any atom is -0.352 e. The van der Waals surface area contributed by atoms with Gasteiger partial charge in [-0.1, -0.05) is 18.2 Å². The van der Waals surface area contributed by atoms with Gasteiger partial charge in [-0.2, -0.15) is 5.10 Å². The first-order valence-electron chi connectivity index (χ1n) is 7.87. The molecule has 5 heteroatoms. The second kappa shape index (κ2) is 6.75. The van der Waals surface area contributed by atoms with Gasteiger partial charge in [-0.05, 0) is 45.0 Å². The lowest BCUT2D eigenvalue weighted by molar-refractivity contribution is 0.0952. The van der Waals surface area contributed by atoms with E-state index in [4.69, 9.17) is 0 Å².